The number of carbonyl (C=O) groups is 1. The minimum Gasteiger partial charge on any atom is -0.495 e. The topological polar surface area (TPSA) is 87.3 Å². The molecule has 8 nitrogen and oxygen atoms in total. The quantitative estimate of drug-likeness (QED) is 0.419. The first-order valence-electron chi connectivity index (χ1n) is 11.8. The Hall–Kier alpha value is -4.64. The highest BCUT2D eigenvalue weighted by molar-refractivity contribution is 5.78. The standard InChI is InChI=1S/C28H26N6O2/c1-36-24-10-11-27(30-19-24)32-12-14-33(15-13-32)28(35)20-34-26(22-7-3-2-4-8-22)17-25(31-34)23-9-5-6-21(16-23)18-29/h2-11,16-17,19H,12-15,20H2,1H3. The Balaban J connectivity index is 1.33. The smallest absolute Gasteiger partial charge is 0.244 e. The molecule has 0 saturated carbocycles. The first kappa shape index (κ1) is 23.1. The molecular formula is C28H26N6O2. The van der Waals surface area contributed by atoms with Gasteiger partial charge in [-0.3, -0.25) is 9.48 Å². The summed E-state index contributed by atoms with van der Waals surface area (Å²) in [6, 6.07) is 25.3. The Morgan fingerprint density at radius 1 is 0.972 bits per heavy atom. The van der Waals surface area contributed by atoms with Crippen LogP contribution in [0.3, 0.4) is 0 Å². The van der Waals surface area contributed by atoms with Crippen molar-refractivity contribution < 1.29 is 9.53 Å². The monoisotopic (exact) mass is 478 g/mol. The molecule has 0 spiro atoms. The minimum absolute atomic E-state index is 0.0231. The van der Waals surface area contributed by atoms with E-state index >= 15 is 0 Å². The molecule has 8 heteroatoms. The van der Waals surface area contributed by atoms with Gasteiger partial charge in [0.05, 0.1) is 36.3 Å². The van der Waals surface area contributed by atoms with Crippen LogP contribution in [0, 0.1) is 11.3 Å². The molecule has 3 heterocycles. The number of benzene rings is 2. The minimum atomic E-state index is 0.0231. The number of hydrogen-bond acceptors (Lipinski definition) is 6. The molecule has 0 aliphatic carbocycles. The largest absolute Gasteiger partial charge is 0.495 e. The summed E-state index contributed by atoms with van der Waals surface area (Å²) in [4.78, 5) is 21.8. The number of carbonyl (C=O) groups excluding carboxylic acids is 1. The van der Waals surface area contributed by atoms with Crippen molar-refractivity contribution in [2.75, 3.05) is 38.2 Å². The van der Waals surface area contributed by atoms with Crippen molar-refractivity contribution in [1.29, 1.82) is 5.26 Å². The number of methoxy groups -OCH3 is 1. The Kier molecular flexibility index (Phi) is 6.63. The van der Waals surface area contributed by atoms with Crippen molar-refractivity contribution in [3.8, 4) is 34.3 Å². The summed E-state index contributed by atoms with van der Waals surface area (Å²) in [5, 5.41) is 14.1. The lowest BCUT2D eigenvalue weighted by Gasteiger charge is -2.35. The summed E-state index contributed by atoms with van der Waals surface area (Å²) in [5.41, 5.74) is 3.99. The van der Waals surface area contributed by atoms with Gasteiger partial charge >= 0.3 is 0 Å². The van der Waals surface area contributed by atoms with Gasteiger partial charge in [-0.1, -0.05) is 42.5 Å². The number of amides is 1. The summed E-state index contributed by atoms with van der Waals surface area (Å²) >= 11 is 0. The fourth-order valence-corrected chi connectivity index (χ4v) is 4.36. The third-order valence-electron chi connectivity index (χ3n) is 6.33. The van der Waals surface area contributed by atoms with Crippen LogP contribution >= 0.6 is 0 Å². The molecule has 1 aliphatic heterocycles. The van der Waals surface area contributed by atoms with E-state index in [1.807, 2.05) is 71.6 Å². The highest BCUT2D eigenvalue weighted by Gasteiger charge is 2.23. The van der Waals surface area contributed by atoms with Gasteiger partial charge in [0.25, 0.3) is 0 Å². The van der Waals surface area contributed by atoms with Crippen molar-refractivity contribution in [1.82, 2.24) is 19.7 Å². The Labute approximate surface area is 210 Å². The van der Waals surface area contributed by atoms with Crippen LogP contribution in [0.25, 0.3) is 22.5 Å². The number of rotatable bonds is 6. The first-order chi connectivity index (χ1) is 17.6. The molecule has 0 unspecified atom stereocenters. The molecule has 1 fully saturated rings. The number of ether oxygens (including phenoxy) is 1. The second kappa shape index (κ2) is 10.3. The lowest BCUT2D eigenvalue weighted by atomic mass is 10.1. The average molecular weight is 479 g/mol. The molecule has 2 aromatic heterocycles. The molecular weight excluding hydrogens is 452 g/mol. The summed E-state index contributed by atoms with van der Waals surface area (Å²) in [6.07, 6.45) is 1.71. The van der Waals surface area contributed by atoms with Crippen molar-refractivity contribution in [3.63, 3.8) is 0 Å². The number of nitrogens with zero attached hydrogens (tertiary/aromatic N) is 6. The van der Waals surface area contributed by atoms with E-state index < -0.39 is 0 Å². The van der Waals surface area contributed by atoms with E-state index in [2.05, 4.69) is 16.0 Å². The predicted molar refractivity (Wildman–Crippen MR) is 137 cm³/mol. The van der Waals surface area contributed by atoms with Crippen molar-refractivity contribution in [2.24, 2.45) is 0 Å². The van der Waals surface area contributed by atoms with E-state index in [0.29, 0.717) is 31.7 Å². The highest BCUT2D eigenvalue weighted by Crippen LogP contribution is 2.27. The van der Waals surface area contributed by atoms with Crippen LogP contribution < -0.4 is 9.64 Å². The van der Waals surface area contributed by atoms with Crippen LogP contribution in [0.5, 0.6) is 5.75 Å². The van der Waals surface area contributed by atoms with Gasteiger partial charge in [0.15, 0.2) is 0 Å². The highest BCUT2D eigenvalue weighted by atomic mass is 16.5. The Morgan fingerprint density at radius 3 is 2.44 bits per heavy atom. The Bertz CT molecular complexity index is 1380. The normalized spacial score (nSPS) is 13.3. The van der Waals surface area contributed by atoms with Crippen LogP contribution in [0.15, 0.2) is 79.0 Å². The molecule has 1 amide bonds. The van der Waals surface area contributed by atoms with Gasteiger partial charge in [0, 0.05) is 31.7 Å². The van der Waals surface area contributed by atoms with E-state index in [9.17, 15) is 10.1 Å². The third kappa shape index (κ3) is 4.91. The lowest BCUT2D eigenvalue weighted by Crippen LogP contribution is -2.49. The molecule has 5 rings (SSSR count). The van der Waals surface area contributed by atoms with E-state index in [-0.39, 0.29) is 12.5 Å². The molecule has 180 valence electrons. The van der Waals surface area contributed by atoms with Gasteiger partial charge in [-0.15, -0.1) is 0 Å². The van der Waals surface area contributed by atoms with Crippen LogP contribution in [0.2, 0.25) is 0 Å². The van der Waals surface area contributed by atoms with Gasteiger partial charge < -0.3 is 14.5 Å². The number of nitriles is 1. The van der Waals surface area contributed by atoms with E-state index in [4.69, 9.17) is 9.84 Å². The number of anilines is 1. The SMILES string of the molecule is COc1ccc(N2CCN(C(=O)Cn3nc(-c4cccc(C#N)c4)cc3-c3ccccc3)CC2)nc1. The summed E-state index contributed by atoms with van der Waals surface area (Å²) in [5.74, 6) is 1.63. The number of piperazine rings is 1. The molecule has 4 aromatic rings. The van der Waals surface area contributed by atoms with Gasteiger partial charge in [0.2, 0.25) is 5.91 Å². The van der Waals surface area contributed by atoms with Crippen LogP contribution in [0.1, 0.15) is 5.56 Å². The van der Waals surface area contributed by atoms with E-state index in [1.54, 1.807) is 24.1 Å². The average Bonchev–Trinajstić information content (AvgIpc) is 3.37. The number of hydrogen-bond donors (Lipinski definition) is 0. The van der Waals surface area contributed by atoms with Gasteiger partial charge in [0.1, 0.15) is 18.1 Å². The van der Waals surface area contributed by atoms with Crippen molar-refractivity contribution in [2.45, 2.75) is 6.54 Å². The second-order valence-corrected chi connectivity index (χ2v) is 8.56. The predicted octanol–water partition coefficient (Wildman–Crippen LogP) is 3.84. The summed E-state index contributed by atoms with van der Waals surface area (Å²) in [7, 11) is 1.62. The fourth-order valence-electron chi connectivity index (χ4n) is 4.36. The van der Waals surface area contributed by atoms with Crippen molar-refractivity contribution in [3.05, 3.63) is 84.6 Å². The fraction of sp³-hybridized carbons (Fsp3) is 0.214. The molecule has 2 aromatic carbocycles. The van der Waals surface area contributed by atoms with Crippen LogP contribution in [-0.2, 0) is 11.3 Å². The van der Waals surface area contributed by atoms with Gasteiger partial charge in [-0.25, -0.2) is 4.98 Å². The summed E-state index contributed by atoms with van der Waals surface area (Å²) in [6.45, 7) is 2.80. The maximum atomic E-state index is 13.3. The zero-order chi connectivity index (χ0) is 24.9. The zero-order valence-electron chi connectivity index (χ0n) is 20.0. The number of pyridine rings is 1. The molecule has 1 saturated heterocycles. The molecule has 0 radical (unpaired) electrons. The van der Waals surface area contributed by atoms with E-state index in [1.165, 1.54) is 0 Å². The second-order valence-electron chi connectivity index (χ2n) is 8.56. The molecule has 0 atom stereocenters. The van der Waals surface area contributed by atoms with Gasteiger partial charge in [-0.2, -0.15) is 10.4 Å². The van der Waals surface area contributed by atoms with Crippen LogP contribution in [-0.4, -0.2) is 58.9 Å². The Morgan fingerprint density at radius 2 is 1.75 bits per heavy atom. The van der Waals surface area contributed by atoms with E-state index in [0.717, 1.165) is 34.1 Å². The van der Waals surface area contributed by atoms with Gasteiger partial charge in [-0.05, 0) is 35.9 Å². The van der Waals surface area contributed by atoms with Crippen molar-refractivity contribution >= 4 is 11.7 Å². The molecule has 0 bridgehead atoms. The number of aromatic nitrogens is 3. The maximum absolute atomic E-state index is 13.3. The lowest BCUT2D eigenvalue weighted by molar-refractivity contribution is -0.132. The van der Waals surface area contributed by atoms with Crippen LogP contribution in [0.4, 0.5) is 5.82 Å². The maximum Gasteiger partial charge on any atom is 0.244 e. The third-order valence-corrected chi connectivity index (χ3v) is 6.33. The first-order valence-corrected chi connectivity index (χ1v) is 11.8. The molecule has 0 N–H and O–H groups in total. The zero-order valence-corrected chi connectivity index (χ0v) is 20.0. The molecule has 36 heavy (non-hydrogen) atoms. The summed E-state index contributed by atoms with van der Waals surface area (Å²) < 4.78 is 6.96. The molecule has 1 aliphatic rings.